The maximum atomic E-state index is 12.1. The molecule has 0 radical (unpaired) electrons. The van der Waals surface area contributed by atoms with Crippen molar-refractivity contribution in [3.8, 4) is 11.5 Å². The van der Waals surface area contributed by atoms with E-state index < -0.39 is 20.1 Å². The van der Waals surface area contributed by atoms with E-state index in [1.165, 1.54) is 36.4 Å². The highest BCUT2D eigenvalue weighted by atomic mass is 35.5. The quantitative estimate of drug-likeness (QED) is 0.678. The molecule has 0 unspecified atom stereocenters. The molecular weight excluding hydrogens is 316 g/mol. The highest BCUT2D eigenvalue weighted by Crippen LogP contribution is 2.51. The van der Waals surface area contributed by atoms with Crippen molar-refractivity contribution in [1.82, 2.24) is 0 Å². The van der Waals surface area contributed by atoms with Crippen LogP contribution in [0.1, 0.15) is 11.1 Å². The SMILES string of the molecule is O=C(Cl)C1(S(=O)(=O)O)c2ccccc2Oc2ccccc21. The van der Waals surface area contributed by atoms with Gasteiger partial charge in [-0.2, -0.15) is 8.42 Å². The van der Waals surface area contributed by atoms with E-state index in [0.29, 0.717) is 0 Å². The zero-order valence-electron chi connectivity index (χ0n) is 10.5. The lowest BCUT2D eigenvalue weighted by Gasteiger charge is -2.34. The Hall–Kier alpha value is -1.89. The second-order valence-electron chi connectivity index (χ2n) is 4.52. The normalized spacial score (nSPS) is 15.5. The first kappa shape index (κ1) is 14.1. The summed E-state index contributed by atoms with van der Waals surface area (Å²) in [4.78, 5) is 12.1. The van der Waals surface area contributed by atoms with Crippen molar-refractivity contribution < 1.29 is 22.5 Å². The molecule has 0 aliphatic carbocycles. The van der Waals surface area contributed by atoms with Gasteiger partial charge in [0.1, 0.15) is 11.5 Å². The summed E-state index contributed by atoms with van der Waals surface area (Å²) in [5, 5.41) is -1.21. The Kier molecular flexibility index (Phi) is 3.05. The summed E-state index contributed by atoms with van der Waals surface area (Å²) >= 11 is 5.62. The summed E-state index contributed by atoms with van der Waals surface area (Å²) in [6.45, 7) is 0. The van der Waals surface area contributed by atoms with Crippen molar-refractivity contribution in [2.24, 2.45) is 0 Å². The summed E-state index contributed by atoms with van der Waals surface area (Å²) in [7, 11) is -4.88. The van der Waals surface area contributed by atoms with Crippen molar-refractivity contribution in [2.75, 3.05) is 0 Å². The molecule has 0 bridgehead atoms. The van der Waals surface area contributed by atoms with Crippen LogP contribution in [0, 0.1) is 0 Å². The molecule has 1 heterocycles. The molecule has 0 aromatic heterocycles. The molecule has 1 aliphatic heterocycles. The van der Waals surface area contributed by atoms with Gasteiger partial charge >= 0.3 is 0 Å². The van der Waals surface area contributed by atoms with Crippen LogP contribution >= 0.6 is 11.6 Å². The molecule has 2 aromatic rings. The van der Waals surface area contributed by atoms with E-state index in [0.717, 1.165) is 0 Å². The molecule has 0 amide bonds. The number of benzene rings is 2. The topological polar surface area (TPSA) is 80.7 Å². The first-order valence-electron chi connectivity index (χ1n) is 5.93. The Balaban J connectivity index is 2.52. The van der Waals surface area contributed by atoms with Gasteiger partial charge in [-0.3, -0.25) is 9.35 Å². The van der Waals surface area contributed by atoms with Crippen LogP contribution in [0.3, 0.4) is 0 Å². The van der Waals surface area contributed by atoms with E-state index in [9.17, 15) is 17.8 Å². The van der Waals surface area contributed by atoms with Gasteiger partial charge in [0.05, 0.1) is 0 Å². The van der Waals surface area contributed by atoms with Gasteiger partial charge in [0.15, 0.2) is 0 Å². The Morgan fingerprint density at radius 2 is 1.43 bits per heavy atom. The van der Waals surface area contributed by atoms with Crippen molar-refractivity contribution in [1.29, 1.82) is 0 Å². The summed E-state index contributed by atoms with van der Waals surface area (Å²) in [5.41, 5.74) is -0.0163. The summed E-state index contributed by atoms with van der Waals surface area (Å²) < 4.78 is 37.1. The highest BCUT2D eigenvalue weighted by molar-refractivity contribution is 7.88. The third-order valence-corrected chi connectivity index (χ3v) is 5.21. The molecule has 0 fully saturated rings. The van der Waals surface area contributed by atoms with E-state index in [-0.39, 0.29) is 22.6 Å². The fraction of sp³-hybridized carbons (Fsp3) is 0.0714. The summed E-state index contributed by atoms with van der Waals surface area (Å²) in [6.07, 6.45) is 0. The molecule has 1 N–H and O–H groups in total. The Morgan fingerprint density at radius 1 is 1.00 bits per heavy atom. The third-order valence-electron chi connectivity index (χ3n) is 3.42. The van der Waals surface area contributed by atoms with Crippen LogP contribution in [-0.2, 0) is 19.7 Å². The van der Waals surface area contributed by atoms with Gasteiger partial charge in [0, 0.05) is 11.1 Å². The average Bonchev–Trinajstić information content (AvgIpc) is 2.42. The molecule has 3 rings (SSSR count). The fourth-order valence-corrected chi connectivity index (χ4v) is 4.14. The molecule has 0 atom stereocenters. The molecule has 0 saturated carbocycles. The van der Waals surface area contributed by atoms with Gasteiger partial charge in [-0.05, 0) is 23.7 Å². The van der Waals surface area contributed by atoms with Crippen LogP contribution in [0.25, 0.3) is 0 Å². The number of carbonyl (C=O) groups excluding carboxylic acids is 1. The predicted molar refractivity (Wildman–Crippen MR) is 76.1 cm³/mol. The lowest BCUT2D eigenvalue weighted by Crippen LogP contribution is -2.44. The van der Waals surface area contributed by atoms with Crippen LogP contribution in [0.4, 0.5) is 0 Å². The molecule has 2 aromatic carbocycles. The second kappa shape index (κ2) is 4.56. The van der Waals surface area contributed by atoms with Crippen LogP contribution in [-0.4, -0.2) is 18.2 Å². The molecule has 5 nitrogen and oxygen atoms in total. The van der Waals surface area contributed by atoms with Crippen molar-refractivity contribution in [2.45, 2.75) is 4.75 Å². The largest absolute Gasteiger partial charge is 0.457 e. The van der Waals surface area contributed by atoms with Crippen LogP contribution in [0.15, 0.2) is 48.5 Å². The number of ether oxygens (including phenoxy) is 1. The number of hydrogen-bond donors (Lipinski definition) is 1. The second-order valence-corrected chi connectivity index (χ2v) is 6.43. The van der Waals surface area contributed by atoms with E-state index in [2.05, 4.69) is 0 Å². The standard InChI is InChI=1S/C14H9ClO5S/c15-13(16)14(21(17,18)19)9-5-1-3-7-11(9)20-12-8-4-2-6-10(12)14/h1-8H,(H,17,18,19). The number of carbonyl (C=O) groups is 1. The smallest absolute Gasteiger partial charge is 0.288 e. The molecular formula is C14H9ClO5S. The minimum absolute atomic E-state index is 0.00815. The monoisotopic (exact) mass is 324 g/mol. The minimum Gasteiger partial charge on any atom is -0.457 e. The minimum atomic E-state index is -4.88. The van der Waals surface area contributed by atoms with Crippen molar-refractivity contribution in [3.05, 3.63) is 59.7 Å². The van der Waals surface area contributed by atoms with Gasteiger partial charge in [-0.1, -0.05) is 36.4 Å². The van der Waals surface area contributed by atoms with Gasteiger partial charge in [-0.25, -0.2) is 0 Å². The Bertz CT molecular complexity index is 798. The first-order valence-corrected chi connectivity index (χ1v) is 7.74. The first-order chi connectivity index (χ1) is 9.89. The van der Waals surface area contributed by atoms with Gasteiger partial charge < -0.3 is 4.74 Å². The van der Waals surface area contributed by atoms with Crippen LogP contribution in [0.2, 0.25) is 0 Å². The van der Waals surface area contributed by atoms with Crippen LogP contribution < -0.4 is 4.74 Å². The maximum Gasteiger partial charge on any atom is 0.288 e. The number of para-hydroxylation sites is 2. The molecule has 0 spiro atoms. The van der Waals surface area contributed by atoms with E-state index in [1.54, 1.807) is 12.1 Å². The van der Waals surface area contributed by atoms with E-state index >= 15 is 0 Å². The molecule has 0 saturated heterocycles. The molecule has 108 valence electrons. The number of halogens is 1. The molecule has 1 aliphatic rings. The number of hydrogen-bond acceptors (Lipinski definition) is 4. The lowest BCUT2D eigenvalue weighted by atomic mass is 9.88. The fourth-order valence-electron chi connectivity index (χ4n) is 2.55. The highest BCUT2D eigenvalue weighted by Gasteiger charge is 2.57. The van der Waals surface area contributed by atoms with Gasteiger partial charge in [-0.15, -0.1) is 0 Å². The molecule has 7 heteroatoms. The van der Waals surface area contributed by atoms with Crippen molar-refractivity contribution >= 4 is 27.0 Å². The predicted octanol–water partition coefficient (Wildman–Crippen LogP) is 2.69. The lowest BCUT2D eigenvalue weighted by molar-refractivity contribution is -0.113. The summed E-state index contributed by atoms with van der Waals surface area (Å²) in [5.74, 6) is 0.311. The summed E-state index contributed by atoms with van der Waals surface area (Å²) in [6, 6.07) is 12.1. The Morgan fingerprint density at radius 3 is 1.81 bits per heavy atom. The number of fused-ring (bicyclic) bond motifs is 2. The Labute approximate surface area is 125 Å². The van der Waals surface area contributed by atoms with E-state index in [4.69, 9.17) is 16.3 Å². The van der Waals surface area contributed by atoms with Gasteiger partial charge in [0.25, 0.3) is 15.4 Å². The average molecular weight is 325 g/mol. The zero-order chi connectivity index (χ0) is 15.3. The molecule has 21 heavy (non-hydrogen) atoms. The van der Waals surface area contributed by atoms with Gasteiger partial charge in [0.2, 0.25) is 4.75 Å². The third kappa shape index (κ3) is 1.80. The van der Waals surface area contributed by atoms with Crippen LogP contribution in [0.5, 0.6) is 11.5 Å². The maximum absolute atomic E-state index is 12.1. The zero-order valence-corrected chi connectivity index (χ0v) is 12.1. The number of rotatable bonds is 2. The van der Waals surface area contributed by atoms with E-state index in [1.807, 2.05) is 0 Å². The van der Waals surface area contributed by atoms with Crippen molar-refractivity contribution in [3.63, 3.8) is 0 Å².